The molecule has 1 amide bonds. The maximum atomic E-state index is 12.8. The van der Waals surface area contributed by atoms with Crippen LogP contribution in [0.4, 0.5) is 5.69 Å². The fourth-order valence-electron chi connectivity index (χ4n) is 4.13. The van der Waals surface area contributed by atoms with Crippen molar-refractivity contribution in [3.05, 3.63) is 76.6 Å². The van der Waals surface area contributed by atoms with Gasteiger partial charge in [-0.25, -0.2) is 4.68 Å². The summed E-state index contributed by atoms with van der Waals surface area (Å²) < 4.78 is 6.83. The van der Waals surface area contributed by atoms with Crippen molar-refractivity contribution in [3.8, 4) is 17.0 Å². The average Bonchev–Trinajstić information content (AvgIpc) is 2.89. The minimum absolute atomic E-state index is 0.0109. The molecule has 0 radical (unpaired) electrons. The van der Waals surface area contributed by atoms with Gasteiger partial charge in [0.1, 0.15) is 5.75 Å². The highest BCUT2D eigenvalue weighted by molar-refractivity contribution is 5.94. The summed E-state index contributed by atoms with van der Waals surface area (Å²) in [5, 5.41) is 4.47. The van der Waals surface area contributed by atoms with Crippen molar-refractivity contribution in [1.82, 2.24) is 14.7 Å². The van der Waals surface area contributed by atoms with E-state index in [2.05, 4.69) is 10.00 Å². The SMILES string of the molecule is CCOc1ccc(-c2ccc(=O)n(CCC(=O)N3CCN(c4ccc(C(C)=O)cc4)CC3)n2)cc1. The summed E-state index contributed by atoms with van der Waals surface area (Å²) in [5.41, 5.74) is 3.05. The predicted octanol–water partition coefficient (Wildman–Crippen LogP) is 3.25. The van der Waals surface area contributed by atoms with E-state index in [9.17, 15) is 14.4 Å². The summed E-state index contributed by atoms with van der Waals surface area (Å²) >= 11 is 0. The Bertz CT molecular complexity index is 1230. The number of carbonyl (C=O) groups excluding carboxylic acids is 2. The highest BCUT2D eigenvalue weighted by atomic mass is 16.5. The second-order valence-electron chi connectivity index (χ2n) is 8.46. The molecule has 35 heavy (non-hydrogen) atoms. The predicted molar refractivity (Wildman–Crippen MR) is 135 cm³/mol. The number of ether oxygens (including phenoxy) is 1. The molecule has 0 saturated carbocycles. The van der Waals surface area contributed by atoms with Crippen molar-refractivity contribution in [2.24, 2.45) is 0 Å². The first-order chi connectivity index (χ1) is 16.9. The van der Waals surface area contributed by atoms with Gasteiger partial charge in [-0.1, -0.05) is 0 Å². The summed E-state index contributed by atoms with van der Waals surface area (Å²) in [5.74, 6) is 0.839. The molecule has 2 aromatic carbocycles. The van der Waals surface area contributed by atoms with Crippen LogP contribution in [0.2, 0.25) is 0 Å². The lowest BCUT2D eigenvalue weighted by molar-refractivity contribution is -0.131. The van der Waals surface area contributed by atoms with Gasteiger partial charge in [0.25, 0.3) is 5.56 Å². The molecule has 1 aliphatic heterocycles. The molecule has 3 aromatic rings. The maximum Gasteiger partial charge on any atom is 0.266 e. The largest absolute Gasteiger partial charge is 0.494 e. The van der Waals surface area contributed by atoms with Gasteiger partial charge >= 0.3 is 0 Å². The number of anilines is 1. The Morgan fingerprint density at radius 1 is 0.914 bits per heavy atom. The van der Waals surface area contributed by atoms with Crippen LogP contribution in [0.1, 0.15) is 30.6 Å². The average molecular weight is 475 g/mol. The number of hydrogen-bond acceptors (Lipinski definition) is 6. The lowest BCUT2D eigenvalue weighted by Gasteiger charge is -2.36. The van der Waals surface area contributed by atoms with E-state index < -0.39 is 0 Å². The fourth-order valence-corrected chi connectivity index (χ4v) is 4.13. The molecule has 0 bridgehead atoms. The number of aromatic nitrogens is 2. The molecule has 0 N–H and O–H groups in total. The van der Waals surface area contributed by atoms with Gasteiger partial charge in [0, 0.05) is 55.5 Å². The van der Waals surface area contributed by atoms with Crippen LogP contribution in [0.5, 0.6) is 5.75 Å². The van der Waals surface area contributed by atoms with Gasteiger partial charge in [0.05, 0.1) is 18.8 Å². The number of benzene rings is 2. The van der Waals surface area contributed by atoms with Crippen LogP contribution in [0, 0.1) is 0 Å². The standard InChI is InChI=1S/C27H30N4O4/c1-3-35-24-10-6-22(7-11-24)25-12-13-27(34)31(28-25)15-14-26(33)30-18-16-29(17-19-30)23-8-4-21(5-9-23)20(2)32/h4-13H,3,14-19H2,1-2H3. The van der Waals surface area contributed by atoms with Gasteiger partial charge < -0.3 is 14.5 Å². The molecule has 1 fully saturated rings. The molecule has 2 heterocycles. The zero-order valence-electron chi connectivity index (χ0n) is 20.1. The van der Waals surface area contributed by atoms with Crippen molar-refractivity contribution in [2.75, 3.05) is 37.7 Å². The van der Waals surface area contributed by atoms with Crippen molar-refractivity contribution in [3.63, 3.8) is 0 Å². The van der Waals surface area contributed by atoms with Crippen LogP contribution in [0.15, 0.2) is 65.5 Å². The van der Waals surface area contributed by atoms with Crippen LogP contribution in [-0.2, 0) is 11.3 Å². The van der Waals surface area contributed by atoms with Crippen molar-refractivity contribution in [1.29, 1.82) is 0 Å². The second kappa shape index (κ2) is 11.0. The van der Waals surface area contributed by atoms with E-state index >= 15 is 0 Å². The molecule has 4 rings (SSSR count). The molecule has 8 heteroatoms. The summed E-state index contributed by atoms with van der Waals surface area (Å²) in [7, 11) is 0. The van der Waals surface area contributed by atoms with Crippen LogP contribution in [0.3, 0.4) is 0 Å². The number of Topliss-reactive ketones (excluding diaryl/α,β-unsaturated/α-hetero) is 1. The van der Waals surface area contributed by atoms with E-state index in [1.807, 2.05) is 60.4 Å². The molecule has 0 atom stereocenters. The number of nitrogens with zero attached hydrogens (tertiary/aromatic N) is 4. The third-order valence-electron chi connectivity index (χ3n) is 6.14. The third kappa shape index (κ3) is 5.95. The summed E-state index contributed by atoms with van der Waals surface area (Å²) in [4.78, 5) is 40.7. The van der Waals surface area contributed by atoms with E-state index in [0.29, 0.717) is 31.0 Å². The topological polar surface area (TPSA) is 84.7 Å². The molecular weight excluding hydrogens is 444 g/mol. The first kappa shape index (κ1) is 24.2. The Hall–Kier alpha value is -3.94. The first-order valence-electron chi connectivity index (χ1n) is 11.9. The molecule has 0 spiro atoms. The minimum atomic E-state index is -0.230. The lowest BCUT2D eigenvalue weighted by atomic mass is 10.1. The number of hydrogen-bond donors (Lipinski definition) is 0. The number of ketones is 1. The Morgan fingerprint density at radius 3 is 2.23 bits per heavy atom. The molecule has 0 unspecified atom stereocenters. The molecule has 8 nitrogen and oxygen atoms in total. The maximum absolute atomic E-state index is 12.8. The van der Waals surface area contributed by atoms with Gasteiger partial charge in [0.15, 0.2) is 5.78 Å². The zero-order valence-corrected chi connectivity index (χ0v) is 20.1. The molecular formula is C27H30N4O4. The van der Waals surface area contributed by atoms with Crippen molar-refractivity contribution < 1.29 is 14.3 Å². The smallest absolute Gasteiger partial charge is 0.266 e. The number of rotatable bonds is 8. The van der Waals surface area contributed by atoms with Crippen LogP contribution in [0.25, 0.3) is 11.3 Å². The first-order valence-corrected chi connectivity index (χ1v) is 11.9. The van der Waals surface area contributed by atoms with E-state index in [4.69, 9.17) is 4.74 Å². The van der Waals surface area contributed by atoms with Gasteiger partial charge in [-0.05, 0) is 68.4 Å². The number of piperazine rings is 1. The Kier molecular flexibility index (Phi) is 7.60. The van der Waals surface area contributed by atoms with Crippen LogP contribution in [-0.4, -0.2) is 59.2 Å². The quantitative estimate of drug-likeness (QED) is 0.466. The molecule has 1 saturated heterocycles. The molecule has 1 aliphatic rings. The molecule has 182 valence electrons. The zero-order chi connectivity index (χ0) is 24.8. The van der Waals surface area contributed by atoms with E-state index in [0.717, 1.165) is 30.1 Å². The molecule has 1 aromatic heterocycles. The van der Waals surface area contributed by atoms with Crippen LogP contribution < -0.4 is 15.2 Å². The van der Waals surface area contributed by atoms with Crippen LogP contribution >= 0.6 is 0 Å². The summed E-state index contributed by atoms with van der Waals surface area (Å²) in [6.07, 6.45) is 0.215. The fraction of sp³-hybridized carbons (Fsp3) is 0.333. The summed E-state index contributed by atoms with van der Waals surface area (Å²) in [6.45, 7) is 6.98. The van der Waals surface area contributed by atoms with Gasteiger partial charge in [-0.15, -0.1) is 0 Å². The second-order valence-corrected chi connectivity index (χ2v) is 8.46. The molecule has 0 aliphatic carbocycles. The van der Waals surface area contributed by atoms with Gasteiger partial charge in [-0.2, -0.15) is 5.10 Å². The van der Waals surface area contributed by atoms with Gasteiger partial charge in [0.2, 0.25) is 5.91 Å². The van der Waals surface area contributed by atoms with E-state index in [-0.39, 0.29) is 30.2 Å². The van der Waals surface area contributed by atoms with E-state index in [1.165, 1.54) is 10.7 Å². The highest BCUT2D eigenvalue weighted by Crippen LogP contribution is 2.20. The lowest BCUT2D eigenvalue weighted by Crippen LogP contribution is -2.49. The third-order valence-corrected chi connectivity index (χ3v) is 6.14. The monoisotopic (exact) mass is 474 g/mol. The van der Waals surface area contributed by atoms with Gasteiger partial charge in [-0.3, -0.25) is 14.4 Å². The minimum Gasteiger partial charge on any atom is -0.494 e. The van der Waals surface area contributed by atoms with Crippen molar-refractivity contribution in [2.45, 2.75) is 26.8 Å². The Labute approximate surface area is 204 Å². The number of aryl methyl sites for hydroxylation is 1. The van der Waals surface area contributed by atoms with E-state index in [1.54, 1.807) is 13.0 Å². The normalized spacial score (nSPS) is 13.5. The Balaban J connectivity index is 1.32. The highest BCUT2D eigenvalue weighted by Gasteiger charge is 2.21. The summed E-state index contributed by atoms with van der Waals surface area (Å²) in [6, 6.07) is 18.3. The number of carbonyl (C=O) groups is 2. The number of amides is 1. The van der Waals surface area contributed by atoms with Crippen molar-refractivity contribution >= 4 is 17.4 Å². The Morgan fingerprint density at radius 2 is 1.60 bits per heavy atom.